The van der Waals surface area contributed by atoms with Gasteiger partial charge < -0.3 is 35.0 Å². The molecule has 13 atom stereocenters. The van der Waals surface area contributed by atoms with Gasteiger partial charge in [0.2, 0.25) is 0 Å². The topological polar surface area (TPSA) is 137 Å². The number of ether oxygens (including phenoxy) is 2. The molecule has 0 radical (unpaired) electrons. The fourth-order valence-electron chi connectivity index (χ4n) is 11.8. The van der Waals surface area contributed by atoms with Crippen molar-refractivity contribution < 1.29 is 39.8 Å². The molecule has 0 aromatic rings. The van der Waals surface area contributed by atoms with Crippen LogP contribution >= 0.6 is 0 Å². The largest absolute Gasteiger partial charge is 0.481 e. The third kappa shape index (κ3) is 4.40. The number of carboxylic acid groups (broad SMARTS) is 1. The van der Waals surface area contributed by atoms with Crippen LogP contribution < -0.4 is 0 Å². The zero-order valence-electron chi connectivity index (χ0n) is 27.1. The van der Waals surface area contributed by atoms with E-state index in [9.17, 15) is 30.3 Å². The second-order valence-electron chi connectivity index (χ2n) is 17.3. The minimum Gasteiger partial charge on any atom is -0.481 e. The first-order valence-electron chi connectivity index (χ1n) is 16.8. The Labute approximate surface area is 257 Å². The van der Waals surface area contributed by atoms with Gasteiger partial charge in [-0.15, -0.1) is 0 Å². The number of aliphatic hydroxyl groups excluding tert-OH is 4. The van der Waals surface area contributed by atoms with Crippen molar-refractivity contribution in [2.45, 2.75) is 136 Å². The van der Waals surface area contributed by atoms with Crippen LogP contribution in [0, 0.1) is 50.2 Å². The molecular weight excluding hydrogens is 548 g/mol. The van der Waals surface area contributed by atoms with Gasteiger partial charge in [0.05, 0.1) is 24.7 Å². The van der Waals surface area contributed by atoms with Crippen LogP contribution in [-0.2, 0) is 14.3 Å². The van der Waals surface area contributed by atoms with Gasteiger partial charge in [0.1, 0.15) is 18.3 Å². The molecule has 1 aliphatic heterocycles. The summed E-state index contributed by atoms with van der Waals surface area (Å²) in [5.41, 5.74) is 0.232. The van der Waals surface area contributed by atoms with E-state index >= 15 is 0 Å². The number of hydrogen-bond acceptors (Lipinski definition) is 7. The van der Waals surface area contributed by atoms with Crippen molar-refractivity contribution in [3.8, 4) is 0 Å². The summed E-state index contributed by atoms with van der Waals surface area (Å²) in [6, 6.07) is 0. The molecule has 43 heavy (non-hydrogen) atoms. The molecule has 1 unspecified atom stereocenters. The van der Waals surface area contributed by atoms with Crippen molar-refractivity contribution in [2.75, 3.05) is 13.2 Å². The molecule has 0 aromatic carbocycles. The number of rotatable bonds is 4. The predicted molar refractivity (Wildman–Crippen MR) is 161 cm³/mol. The van der Waals surface area contributed by atoms with Gasteiger partial charge in [-0.3, -0.25) is 4.79 Å². The number of aliphatic carboxylic acids is 1. The Morgan fingerprint density at radius 2 is 1.60 bits per heavy atom. The van der Waals surface area contributed by atoms with E-state index in [4.69, 9.17) is 9.47 Å². The Morgan fingerprint density at radius 3 is 2.30 bits per heavy atom. The first-order valence-corrected chi connectivity index (χ1v) is 16.8. The summed E-state index contributed by atoms with van der Waals surface area (Å²) < 4.78 is 11.7. The lowest BCUT2D eigenvalue weighted by Gasteiger charge is -2.71. The van der Waals surface area contributed by atoms with E-state index in [0.717, 1.165) is 57.8 Å². The molecule has 5 fully saturated rings. The maximum atomic E-state index is 12.9. The first-order chi connectivity index (χ1) is 20.0. The fourth-order valence-corrected chi connectivity index (χ4v) is 11.8. The quantitative estimate of drug-likeness (QED) is 0.292. The number of hydrogen-bond donors (Lipinski definition) is 5. The highest BCUT2D eigenvalue weighted by Gasteiger charge is 2.69. The normalized spacial score (nSPS) is 54.3. The van der Waals surface area contributed by atoms with E-state index in [0.29, 0.717) is 12.3 Å². The molecule has 0 spiro atoms. The second-order valence-corrected chi connectivity index (χ2v) is 17.3. The van der Waals surface area contributed by atoms with E-state index in [1.54, 1.807) is 0 Å². The molecule has 1 heterocycles. The van der Waals surface area contributed by atoms with E-state index in [-0.39, 0.29) is 46.7 Å². The molecule has 0 amide bonds. The van der Waals surface area contributed by atoms with E-state index in [1.165, 1.54) is 5.57 Å². The summed E-state index contributed by atoms with van der Waals surface area (Å²) in [6.45, 7) is 14.2. The number of aliphatic hydroxyl groups is 4. The molecule has 1 saturated heterocycles. The molecule has 0 aromatic heterocycles. The zero-order chi connectivity index (χ0) is 31.4. The molecule has 5 N–H and O–H groups in total. The molecule has 244 valence electrons. The van der Waals surface area contributed by atoms with Gasteiger partial charge in [-0.25, -0.2) is 0 Å². The lowest BCUT2D eigenvalue weighted by molar-refractivity contribution is -0.291. The third-order valence-corrected chi connectivity index (χ3v) is 14.9. The number of carboxylic acids is 1. The summed E-state index contributed by atoms with van der Waals surface area (Å²) in [5.74, 6) is 0.0529. The summed E-state index contributed by atoms with van der Waals surface area (Å²) in [7, 11) is 0. The number of fused-ring (bicyclic) bond motifs is 7. The van der Waals surface area contributed by atoms with Crippen LogP contribution in [0.4, 0.5) is 0 Å². The number of allylic oxidation sites excluding steroid dienone is 2. The summed E-state index contributed by atoms with van der Waals surface area (Å²) in [6.07, 6.45) is 5.80. The minimum absolute atomic E-state index is 0.0154. The lowest BCUT2D eigenvalue weighted by Crippen LogP contribution is -2.66. The van der Waals surface area contributed by atoms with Crippen molar-refractivity contribution >= 4 is 5.97 Å². The highest BCUT2D eigenvalue weighted by atomic mass is 16.7. The van der Waals surface area contributed by atoms with E-state index in [1.807, 2.05) is 0 Å². The maximum Gasteiger partial charge on any atom is 0.310 e. The van der Waals surface area contributed by atoms with Gasteiger partial charge in [0.25, 0.3) is 0 Å². The Balaban J connectivity index is 1.31. The Bertz CT molecular complexity index is 1150. The standard InChI is InChI=1S/C35H56O8/c1-30(2)13-15-35(29(40)41)16-14-33(5)20(21(35)17-30)7-8-24-31(3)11-10-25(37)32(4,23(31)9-12-34(24,33)6)19-43-28-27(39)26(38)22(36)18-42-28/h7,21-28,36-39H,8-19H2,1-6H3,(H,40,41)/t21-,22-,23+,24+,25?,26-,27+,28-,31-,32-,33+,34+,35-/m0/s1. The minimum atomic E-state index is -1.36. The fraction of sp³-hybridized carbons (Fsp3) is 0.914. The van der Waals surface area contributed by atoms with E-state index < -0.39 is 47.5 Å². The Hall–Kier alpha value is -1.03. The molecular formula is C35H56O8. The summed E-state index contributed by atoms with van der Waals surface area (Å²) in [5, 5.41) is 52.6. The molecule has 8 heteroatoms. The van der Waals surface area contributed by atoms with E-state index in [2.05, 4.69) is 47.6 Å². The van der Waals surface area contributed by atoms with Crippen molar-refractivity contribution in [1.29, 1.82) is 0 Å². The monoisotopic (exact) mass is 604 g/mol. The summed E-state index contributed by atoms with van der Waals surface area (Å²) >= 11 is 0. The lowest BCUT2D eigenvalue weighted by atomic mass is 9.33. The van der Waals surface area contributed by atoms with Crippen molar-refractivity contribution in [3.63, 3.8) is 0 Å². The SMILES string of the molecule is CC1(C)CC[C@]2(C(=O)O)CC[C@]3(C)C(=CC[C@@H]4[C@@]5(C)CCC(O)[C@@](C)(CO[C@@H]6OC[C@H](O)[C@H](O)[C@H]6O)[C@@H]5CC[C@]43C)[C@@H]2C1. The highest BCUT2D eigenvalue weighted by Crippen LogP contribution is 2.75. The smallest absolute Gasteiger partial charge is 0.310 e. The van der Waals surface area contributed by atoms with Crippen LogP contribution in [0.1, 0.15) is 106 Å². The average Bonchev–Trinajstić information content (AvgIpc) is 2.93. The van der Waals surface area contributed by atoms with Crippen LogP contribution in [0.5, 0.6) is 0 Å². The van der Waals surface area contributed by atoms with Crippen molar-refractivity contribution in [1.82, 2.24) is 0 Å². The highest BCUT2D eigenvalue weighted by molar-refractivity contribution is 5.76. The Kier molecular flexibility index (Phi) is 7.60. The third-order valence-electron chi connectivity index (χ3n) is 14.9. The first kappa shape index (κ1) is 31.9. The van der Waals surface area contributed by atoms with Crippen LogP contribution in [0.15, 0.2) is 11.6 Å². The number of carbonyl (C=O) groups is 1. The maximum absolute atomic E-state index is 12.9. The van der Waals surface area contributed by atoms with Crippen LogP contribution in [0.25, 0.3) is 0 Å². The van der Waals surface area contributed by atoms with Crippen LogP contribution in [-0.4, -0.2) is 75.4 Å². The van der Waals surface area contributed by atoms with Crippen LogP contribution in [0.2, 0.25) is 0 Å². The molecule has 6 aliphatic rings. The van der Waals surface area contributed by atoms with Crippen molar-refractivity contribution in [2.24, 2.45) is 50.2 Å². The van der Waals surface area contributed by atoms with Gasteiger partial charge in [-0.1, -0.05) is 53.2 Å². The van der Waals surface area contributed by atoms with Crippen molar-refractivity contribution in [3.05, 3.63) is 11.6 Å². The van der Waals surface area contributed by atoms with Gasteiger partial charge in [-0.2, -0.15) is 0 Å². The molecule has 8 nitrogen and oxygen atoms in total. The second kappa shape index (κ2) is 10.2. The van der Waals surface area contributed by atoms with Gasteiger partial charge in [-0.05, 0) is 104 Å². The van der Waals surface area contributed by atoms with Gasteiger partial charge in [0.15, 0.2) is 6.29 Å². The Morgan fingerprint density at radius 1 is 0.907 bits per heavy atom. The molecule has 5 aliphatic carbocycles. The molecule has 6 rings (SSSR count). The van der Waals surface area contributed by atoms with Crippen LogP contribution in [0.3, 0.4) is 0 Å². The summed E-state index contributed by atoms with van der Waals surface area (Å²) in [4.78, 5) is 12.9. The molecule has 0 bridgehead atoms. The molecule has 4 saturated carbocycles. The zero-order valence-corrected chi connectivity index (χ0v) is 27.1. The van der Waals surface area contributed by atoms with Gasteiger partial charge in [0, 0.05) is 5.41 Å². The predicted octanol–water partition coefficient (Wildman–Crippen LogP) is 4.67. The van der Waals surface area contributed by atoms with Gasteiger partial charge >= 0.3 is 5.97 Å². The average molecular weight is 605 g/mol.